The van der Waals surface area contributed by atoms with Gasteiger partial charge in [0.25, 0.3) is 0 Å². The van der Waals surface area contributed by atoms with E-state index in [0.29, 0.717) is 16.9 Å². The lowest BCUT2D eigenvalue weighted by Gasteiger charge is -2.19. The number of anilines is 1. The number of fused-ring (bicyclic) bond motifs is 1. The first kappa shape index (κ1) is 17.9. The van der Waals surface area contributed by atoms with Crippen LogP contribution in [0.15, 0.2) is 47.5 Å². The highest BCUT2D eigenvalue weighted by Crippen LogP contribution is 2.27. The first-order valence-electron chi connectivity index (χ1n) is 8.48. The number of halogens is 1. The highest BCUT2D eigenvalue weighted by molar-refractivity contribution is 6.02. The molecule has 1 heterocycles. The van der Waals surface area contributed by atoms with Gasteiger partial charge in [0.1, 0.15) is 5.82 Å². The minimum atomic E-state index is -0.353. The zero-order valence-electron chi connectivity index (χ0n) is 15.1. The van der Waals surface area contributed by atoms with Crippen LogP contribution in [-0.4, -0.2) is 47.9 Å². The Morgan fingerprint density at radius 1 is 1.27 bits per heavy atom. The van der Waals surface area contributed by atoms with E-state index < -0.39 is 0 Å². The summed E-state index contributed by atoms with van der Waals surface area (Å²) in [6, 6.07) is 12.5. The number of hydrogen-bond donors (Lipinski definition) is 3. The molecule has 1 atom stereocenters. The van der Waals surface area contributed by atoms with Gasteiger partial charge in [-0.3, -0.25) is 4.99 Å². The molecule has 6 heteroatoms. The molecule has 3 N–H and O–H groups in total. The van der Waals surface area contributed by atoms with Crippen LogP contribution < -0.4 is 5.32 Å². The van der Waals surface area contributed by atoms with E-state index in [1.165, 1.54) is 6.07 Å². The number of nitrogens with one attached hydrogen (secondary N) is 2. The van der Waals surface area contributed by atoms with E-state index in [0.717, 1.165) is 17.4 Å². The van der Waals surface area contributed by atoms with E-state index in [1.807, 2.05) is 50.2 Å². The number of rotatable bonds is 6. The maximum atomic E-state index is 14.3. The summed E-state index contributed by atoms with van der Waals surface area (Å²) in [5.74, 6) is -0.306. The van der Waals surface area contributed by atoms with Crippen LogP contribution in [0.1, 0.15) is 12.5 Å². The van der Waals surface area contributed by atoms with Crippen LogP contribution in [0.3, 0.4) is 0 Å². The number of aromatic nitrogens is 1. The first-order valence-corrected chi connectivity index (χ1v) is 8.48. The van der Waals surface area contributed by atoms with Crippen molar-refractivity contribution < 1.29 is 9.50 Å². The molecule has 0 saturated heterocycles. The third-order valence-corrected chi connectivity index (χ3v) is 4.06. The number of para-hydroxylation sites is 1. The molecule has 136 valence electrons. The van der Waals surface area contributed by atoms with E-state index in [4.69, 9.17) is 0 Å². The van der Waals surface area contributed by atoms with Crippen LogP contribution in [0.4, 0.5) is 15.8 Å². The summed E-state index contributed by atoms with van der Waals surface area (Å²) in [4.78, 5) is 9.25. The van der Waals surface area contributed by atoms with Gasteiger partial charge in [-0.15, -0.1) is 0 Å². The molecule has 3 rings (SSSR count). The topological polar surface area (TPSA) is 63.6 Å². The predicted molar refractivity (Wildman–Crippen MR) is 105 cm³/mol. The van der Waals surface area contributed by atoms with Crippen LogP contribution in [0, 0.1) is 5.82 Å². The molecule has 0 saturated carbocycles. The van der Waals surface area contributed by atoms with Gasteiger partial charge in [0, 0.05) is 35.8 Å². The SMILES string of the molecule is CC(CN(C)C)Nc1ccc(N=Cc2c(O)[nH]c3ccccc23)cc1F. The molecule has 3 aromatic rings. The number of aliphatic imine (C=N–C) groups is 1. The molecule has 0 bridgehead atoms. The van der Waals surface area contributed by atoms with E-state index in [2.05, 4.69) is 15.3 Å². The van der Waals surface area contributed by atoms with Crippen molar-refractivity contribution in [1.82, 2.24) is 9.88 Å². The summed E-state index contributed by atoms with van der Waals surface area (Å²) in [5, 5.41) is 14.1. The van der Waals surface area contributed by atoms with E-state index >= 15 is 0 Å². The maximum absolute atomic E-state index is 14.3. The Bertz CT molecular complexity index is 933. The highest BCUT2D eigenvalue weighted by Gasteiger charge is 2.10. The van der Waals surface area contributed by atoms with Gasteiger partial charge in [-0.1, -0.05) is 18.2 Å². The Morgan fingerprint density at radius 3 is 2.77 bits per heavy atom. The minimum absolute atomic E-state index is 0.0474. The fourth-order valence-electron chi connectivity index (χ4n) is 2.98. The molecule has 0 aliphatic rings. The van der Waals surface area contributed by atoms with Gasteiger partial charge in [0.2, 0.25) is 0 Å². The normalized spacial score (nSPS) is 13.0. The molecule has 1 aromatic heterocycles. The van der Waals surface area contributed by atoms with Crippen molar-refractivity contribution in [2.75, 3.05) is 26.0 Å². The van der Waals surface area contributed by atoms with Crippen LogP contribution in [0.25, 0.3) is 10.9 Å². The number of hydrogen-bond acceptors (Lipinski definition) is 4. The van der Waals surface area contributed by atoms with Crippen LogP contribution >= 0.6 is 0 Å². The summed E-state index contributed by atoms with van der Waals surface area (Å²) in [5.41, 5.74) is 2.35. The largest absolute Gasteiger partial charge is 0.494 e. The fourth-order valence-corrected chi connectivity index (χ4v) is 2.98. The third-order valence-electron chi connectivity index (χ3n) is 4.06. The molecule has 0 aliphatic carbocycles. The van der Waals surface area contributed by atoms with E-state index in [-0.39, 0.29) is 17.7 Å². The second kappa shape index (κ2) is 7.58. The Balaban J connectivity index is 1.79. The van der Waals surface area contributed by atoms with Crippen molar-refractivity contribution >= 4 is 28.5 Å². The molecule has 0 amide bonds. The number of aromatic amines is 1. The molecule has 26 heavy (non-hydrogen) atoms. The average molecular weight is 354 g/mol. The second-order valence-electron chi connectivity index (χ2n) is 6.66. The molecule has 0 fully saturated rings. The summed E-state index contributed by atoms with van der Waals surface area (Å²) in [7, 11) is 3.96. The lowest BCUT2D eigenvalue weighted by atomic mass is 10.2. The van der Waals surface area contributed by atoms with Crippen LogP contribution in [0.2, 0.25) is 0 Å². The van der Waals surface area contributed by atoms with E-state index in [9.17, 15) is 9.50 Å². The average Bonchev–Trinajstić information content (AvgIpc) is 2.90. The Hall–Kier alpha value is -2.86. The minimum Gasteiger partial charge on any atom is -0.494 e. The van der Waals surface area contributed by atoms with Crippen molar-refractivity contribution in [2.45, 2.75) is 13.0 Å². The zero-order chi connectivity index (χ0) is 18.7. The van der Waals surface area contributed by atoms with Crippen molar-refractivity contribution in [1.29, 1.82) is 0 Å². The molecular weight excluding hydrogens is 331 g/mol. The molecule has 0 spiro atoms. The molecular formula is C20H23FN4O. The summed E-state index contributed by atoms with van der Waals surface area (Å²) in [6.07, 6.45) is 1.55. The number of benzene rings is 2. The van der Waals surface area contributed by atoms with Gasteiger partial charge in [-0.25, -0.2) is 4.39 Å². The molecule has 5 nitrogen and oxygen atoms in total. The number of aromatic hydroxyl groups is 1. The van der Waals surface area contributed by atoms with Crippen molar-refractivity contribution in [3.8, 4) is 5.88 Å². The van der Waals surface area contributed by atoms with Gasteiger partial charge in [0.15, 0.2) is 5.88 Å². The standard InChI is InChI=1S/C20H23FN4O/c1-13(12-25(2)3)23-19-9-8-14(10-17(19)21)22-11-16-15-6-4-5-7-18(15)24-20(16)26/h4-11,13,23-24,26H,12H2,1-3H3. The van der Waals surface area contributed by atoms with Gasteiger partial charge >= 0.3 is 0 Å². The van der Waals surface area contributed by atoms with Crippen molar-refractivity contribution in [3.05, 3.63) is 53.8 Å². The summed E-state index contributed by atoms with van der Waals surface area (Å²) < 4.78 is 14.3. The number of likely N-dealkylation sites (N-methyl/N-ethyl adjacent to an activating group) is 1. The third kappa shape index (κ3) is 4.03. The lowest BCUT2D eigenvalue weighted by Crippen LogP contribution is -2.29. The predicted octanol–water partition coefficient (Wildman–Crippen LogP) is 4.13. The molecule has 1 unspecified atom stereocenters. The summed E-state index contributed by atoms with van der Waals surface area (Å²) in [6.45, 7) is 2.81. The number of H-pyrrole nitrogens is 1. The Kier molecular flexibility index (Phi) is 5.23. The second-order valence-corrected chi connectivity index (χ2v) is 6.66. The monoisotopic (exact) mass is 354 g/mol. The van der Waals surface area contributed by atoms with Gasteiger partial charge in [-0.2, -0.15) is 0 Å². The fraction of sp³-hybridized carbons (Fsp3) is 0.250. The van der Waals surface area contributed by atoms with Crippen molar-refractivity contribution in [2.24, 2.45) is 4.99 Å². The van der Waals surface area contributed by atoms with Crippen LogP contribution in [0.5, 0.6) is 5.88 Å². The highest BCUT2D eigenvalue weighted by atomic mass is 19.1. The quantitative estimate of drug-likeness (QED) is 0.583. The van der Waals surface area contributed by atoms with Crippen LogP contribution in [-0.2, 0) is 0 Å². The van der Waals surface area contributed by atoms with E-state index in [1.54, 1.807) is 18.3 Å². The van der Waals surface area contributed by atoms with Gasteiger partial charge < -0.3 is 20.3 Å². The Morgan fingerprint density at radius 2 is 2.04 bits per heavy atom. The zero-order valence-corrected chi connectivity index (χ0v) is 15.1. The first-order chi connectivity index (χ1) is 12.4. The smallest absolute Gasteiger partial charge is 0.198 e. The van der Waals surface area contributed by atoms with Gasteiger partial charge in [-0.05, 0) is 39.2 Å². The maximum Gasteiger partial charge on any atom is 0.198 e. The lowest BCUT2D eigenvalue weighted by molar-refractivity contribution is 0.391. The summed E-state index contributed by atoms with van der Waals surface area (Å²) >= 11 is 0. The Labute approximate surface area is 152 Å². The molecule has 0 radical (unpaired) electrons. The molecule has 0 aliphatic heterocycles. The number of nitrogens with zero attached hydrogens (tertiary/aromatic N) is 2. The molecule has 2 aromatic carbocycles. The van der Waals surface area contributed by atoms with Crippen molar-refractivity contribution in [3.63, 3.8) is 0 Å². The van der Waals surface area contributed by atoms with Gasteiger partial charge in [0.05, 0.1) is 16.9 Å².